The third kappa shape index (κ3) is 3.22. The van der Waals surface area contributed by atoms with Crippen LogP contribution in [0.25, 0.3) is 0 Å². The lowest BCUT2D eigenvalue weighted by atomic mass is 10.0. The van der Waals surface area contributed by atoms with Crippen LogP contribution in [0.1, 0.15) is 27.9 Å². The average Bonchev–Trinajstić information content (AvgIpc) is 2.81. The number of rotatable bonds is 5. The van der Waals surface area contributed by atoms with Crippen molar-refractivity contribution in [1.29, 1.82) is 0 Å². The Hall–Kier alpha value is -1.76. The van der Waals surface area contributed by atoms with Gasteiger partial charge in [-0.15, -0.1) is 5.10 Å². The summed E-state index contributed by atoms with van der Waals surface area (Å²) < 4.78 is 32.4. The standard InChI is InChI=1S/C13H11BrF2N2O2/c1-18-6-5-11(17-18)20-7-10-8(12(14)19)3-2-4-9(10)13(15)16/h2-6,13H,7H2,1H3. The summed E-state index contributed by atoms with van der Waals surface area (Å²) in [4.78, 5) is 11.5. The van der Waals surface area contributed by atoms with Crippen LogP contribution in [-0.2, 0) is 13.7 Å². The Balaban J connectivity index is 2.30. The fourth-order valence-corrected chi connectivity index (χ4v) is 2.14. The van der Waals surface area contributed by atoms with Crippen LogP contribution in [0, 0.1) is 0 Å². The highest BCUT2D eigenvalue weighted by Crippen LogP contribution is 2.27. The highest BCUT2D eigenvalue weighted by Gasteiger charge is 2.19. The molecule has 0 radical (unpaired) electrons. The van der Waals surface area contributed by atoms with Crippen LogP contribution in [0.15, 0.2) is 30.5 Å². The van der Waals surface area contributed by atoms with Gasteiger partial charge < -0.3 is 4.74 Å². The molecular formula is C13H11BrF2N2O2. The third-order valence-corrected chi connectivity index (χ3v) is 3.14. The summed E-state index contributed by atoms with van der Waals surface area (Å²) in [6, 6.07) is 5.78. The van der Waals surface area contributed by atoms with Crippen LogP contribution >= 0.6 is 15.9 Å². The van der Waals surface area contributed by atoms with Crippen molar-refractivity contribution >= 4 is 20.6 Å². The van der Waals surface area contributed by atoms with E-state index in [0.717, 1.165) is 0 Å². The van der Waals surface area contributed by atoms with Crippen LogP contribution in [0.2, 0.25) is 0 Å². The van der Waals surface area contributed by atoms with Gasteiger partial charge in [0.15, 0.2) is 0 Å². The Morgan fingerprint density at radius 1 is 1.45 bits per heavy atom. The highest BCUT2D eigenvalue weighted by molar-refractivity contribution is 9.18. The van der Waals surface area contributed by atoms with Gasteiger partial charge in [-0.05, 0) is 15.9 Å². The maximum absolute atomic E-state index is 13.0. The van der Waals surface area contributed by atoms with Gasteiger partial charge in [0.1, 0.15) is 6.61 Å². The number of carbonyl (C=O) groups is 1. The van der Waals surface area contributed by atoms with E-state index in [-0.39, 0.29) is 23.3 Å². The number of alkyl halides is 2. The van der Waals surface area contributed by atoms with E-state index in [1.807, 2.05) is 0 Å². The highest BCUT2D eigenvalue weighted by atomic mass is 79.9. The monoisotopic (exact) mass is 344 g/mol. The molecule has 1 aromatic heterocycles. The van der Waals surface area contributed by atoms with Gasteiger partial charge in [0.25, 0.3) is 6.43 Å². The normalized spacial score (nSPS) is 10.8. The van der Waals surface area contributed by atoms with E-state index in [2.05, 4.69) is 21.0 Å². The molecule has 0 aliphatic heterocycles. The predicted molar refractivity (Wildman–Crippen MR) is 72.2 cm³/mol. The zero-order chi connectivity index (χ0) is 14.7. The Morgan fingerprint density at radius 3 is 2.75 bits per heavy atom. The minimum atomic E-state index is -2.68. The second kappa shape index (κ2) is 6.13. The zero-order valence-electron chi connectivity index (χ0n) is 10.5. The van der Waals surface area contributed by atoms with Gasteiger partial charge in [-0.1, -0.05) is 18.2 Å². The Morgan fingerprint density at radius 2 is 2.20 bits per heavy atom. The van der Waals surface area contributed by atoms with E-state index in [0.29, 0.717) is 5.88 Å². The van der Waals surface area contributed by atoms with E-state index in [1.54, 1.807) is 19.3 Å². The molecule has 0 aliphatic rings. The molecule has 7 heteroatoms. The second-order valence-electron chi connectivity index (χ2n) is 4.06. The number of ether oxygens (including phenoxy) is 1. The summed E-state index contributed by atoms with van der Waals surface area (Å²) in [5.41, 5.74) is 0.111. The molecule has 1 aromatic carbocycles. The average molecular weight is 345 g/mol. The lowest BCUT2D eigenvalue weighted by Crippen LogP contribution is -2.07. The lowest BCUT2D eigenvalue weighted by Gasteiger charge is -2.12. The smallest absolute Gasteiger partial charge is 0.264 e. The summed E-state index contributed by atoms with van der Waals surface area (Å²) in [7, 11) is 1.72. The number of carbonyl (C=O) groups excluding carboxylic acids is 1. The van der Waals surface area contributed by atoms with E-state index in [4.69, 9.17) is 4.74 Å². The van der Waals surface area contributed by atoms with Crippen molar-refractivity contribution in [3.63, 3.8) is 0 Å². The SMILES string of the molecule is Cn1ccc(OCc2c(C(=O)Br)cccc2C(F)F)n1. The molecule has 1 heterocycles. The first kappa shape index (κ1) is 14.6. The van der Waals surface area contributed by atoms with Crippen molar-refractivity contribution in [2.45, 2.75) is 13.0 Å². The van der Waals surface area contributed by atoms with Crippen molar-refractivity contribution in [1.82, 2.24) is 9.78 Å². The van der Waals surface area contributed by atoms with Crippen molar-refractivity contribution in [2.75, 3.05) is 0 Å². The molecule has 0 amide bonds. The number of halogens is 3. The van der Waals surface area contributed by atoms with Gasteiger partial charge in [0, 0.05) is 36.0 Å². The van der Waals surface area contributed by atoms with Gasteiger partial charge in [0.2, 0.25) is 10.6 Å². The predicted octanol–water partition coefficient (Wildman–Crippen LogP) is 3.47. The Kier molecular flexibility index (Phi) is 4.49. The molecule has 0 unspecified atom stereocenters. The fraction of sp³-hybridized carbons (Fsp3) is 0.231. The molecule has 4 nitrogen and oxygen atoms in total. The van der Waals surface area contributed by atoms with E-state index in [1.165, 1.54) is 22.9 Å². The minimum Gasteiger partial charge on any atom is -0.472 e. The van der Waals surface area contributed by atoms with E-state index in [9.17, 15) is 13.6 Å². The lowest BCUT2D eigenvalue weighted by molar-refractivity contribution is 0.109. The summed E-state index contributed by atoms with van der Waals surface area (Å²) in [5, 5.41) is 3.99. The molecule has 20 heavy (non-hydrogen) atoms. The third-order valence-electron chi connectivity index (χ3n) is 2.71. The maximum atomic E-state index is 13.0. The molecule has 0 aliphatic carbocycles. The summed E-state index contributed by atoms with van der Waals surface area (Å²) in [6.07, 6.45) is -1.01. The number of hydrogen-bond donors (Lipinski definition) is 0. The zero-order valence-corrected chi connectivity index (χ0v) is 12.1. The summed E-state index contributed by atoms with van der Waals surface area (Å²) in [6.45, 7) is -0.149. The molecule has 106 valence electrons. The van der Waals surface area contributed by atoms with Gasteiger partial charge in [-0.2, -0.15) is 0 Å². The molecule has 2 rings (SSSR count). The van der Waals surface area contributed by atoms with Gasteiger partial charge >= 0.3 is 0 Å². The fourth-order valence-electron chi connectivity index (χ4n) is 1.77. The number of benzene rings is 1. The van der Waals surface area contributed by atoms with Crippen LogP contribution in [0.5, 0.6) is 5.88 Å². The Labute approximate surface area is 122 Å². The number of hydrogen-bond acceptors (Lipinski definition) is 3. The maximum Gasteiger partial charge on any atom is 0.264 e. The second-order valence-corrected chi connectivity index (χ2v) is 4.78. The van der Waals surface area contributed by atoms with Gasteiger partial charge in [0.05, 0.1) is 0 Å². The van der Waals surface area contributed by atoms with E-state index < -0.39 is 11.1 Å². The molecule has 0 saturated heterocycles. The first-order chi connectivity index (χ1) is 9.49. The molecule has 2 aromatic rings. The first-order valence-corrected chi connectivity index (χ1v) is 6.50. The van der Waals surface area contributed by atoms with Gasteiger partial charge in [-0.3, -0.25) is 9.48 Å². The molecule has 0 fully saturated rings. The van der Waals surface area contributed by atoms with Crippen molar-refractivity contribution in [3.8, 4) is 5.88 Å². The van der Waals surface area contributed by atoms with Crippen LogP contribution < -0.4 is 4.74 Å². The van der Waals surface area contributed by atoms with Crippen molar-refractivity contribution in [2.24, 2.45) is 7.05 Å². The van der Waals surface area contributed by atoms with Crippen LogP contribution in [-0.4, -0.2) is 14.5 Å². The van der Waals surface area contributed by atoms with Crippen molar-refractivity contribution in [3.05, 3.63) is 47.2 Å². The number of nitrogens with zero attached hydrogens (tertiary/aromatic N) is 2. The Bertz CT molecular complexity index is 629. The number of aryl methyl sites for hydroxylation is 1. The molecule has 0 bridgehead atoms. The van der Waals surface area contributed by atoms with Crippen molar-refractivity contribution < 1.29 is 18.3 Å². The van der Waals surface area contributed by atoms with Crippen LogP contribution in [0.3, 0.4) is 0 Å². The molecule has 0 N–H and O–H groups in total. The molecule has 0 atom stereocenters. The molecular weight excluding hydrogens is 334 g/mol. The molecule has 0 spiro atoms. The van der Waals surface area contributed by atoms with Crippen LogP contribution in [0.4, 0.5) is 8.78 Å². The first-order valence-electron chi connectivity index (χ1n) is 5.71. The summed E-state index contributed by atoms with van der Waals surface area (Å²) in [5.74, 6) is 0.310. The molecule has 0 saturated carbocycles. The summed E-state index contributed by atoms with van der Waals surface area (Å²) >= 11 is 2.79. The van der Waals surface area contributed by atoms with E-state index >= 15 is 0 Å². The topological polar surface area (TPSA) is 44.1 Å². The minimum absolute atomic E-state index is 0.149. The van der Waals surface area contributed by atoms with Gasteiger partial charge in [-0.25, -0.2) is 8.78 Å². The number of aromatic nitrogens is 2. The quantitative estimate of drug-likeness (QED) is 0.780. The largest absolute Gasteiger partial charge is 0.472 e.